The molecule has 0 unspecified atom stereocenters. The SMILES string of the molecule is CCOc1ccccc1Nc1c(-c2nc(CC)no2)cnc2nc(C)ccc12.Cl. The van der Waals surface area contributed by atoms with Crippen molar-refractivity contribution >= 4 is 34.8 Å². The molecule has 0 aliphatic heterocycles. The number of ether oxygens (including phenoxy) is 1. The van der Waals surface area contributed by atoms with Gasteiger partial charge in [-0.05, 0) is 38.1 Å². The number of hydrogen-bond donors (Lipinski definition) is 1. The van der Waals surface area contributed by atoms with Crippen molar-refractivity contribution in [1.82, 2.24) is 20.1 Å². The van der Waals surface area contributed by atoms with Gasteiger partial charge in [-0.25, -0.2) is 9.97 Å². The number of para-hydroxylation sites is 2. The van der Waals surface area contributed by atoms with Crippen molar-refractivity contribution in [2.75, 3.05) is 11.9 Å². The van der Waals surface area contributed by atoms with E-state index in [1.54, 1.807) is 6.20 Å². The fraction of sp³-hybridized carbons (Fsp3) is 0.238. The van der Waals surface area contributed by atoms with Crippen LogP contribution < -0.4 is 10.1 Å². The number of hydrogen-bond acceptors (Lipinski definition) is 7. The maximum absolute atomic E-state index is 5.76. The molecular weight excluding hydrogens is 390 g/mol. The molecule has 0 aliphatic rings. The van der Waals surface area contributed by atoms with E-state index in [1.807, 2.05) is 57.2 Å². The van der Waals surface area contributed by atoms with Crippen LogP contribution in [-0.2, 0) is 6.42 Å². The van der Waals surface area contributed by atoms with Crippen LogP contribution in [0, 0.1) is 6.92 Å². The van der Waals surface area contributed by atoms with Gasteiger partial charge in [0.15, 0.2) is 11.5 Å². The summed E-state index contributed by atoms with van der Waals surface area (Å²) in [5.74, 6) is 1.83. The minimum atomic E-state index is 0. The minimum absolute atomic E-state index is 0. The van der Waals surface area contributed by atoms with Gasteiger partial charge in [0.25, 0.3) is 5.89 Å². The van der Waals surface area contributed by atoms with Crippen molar-refractivity contribution in [3.63, 3.8) is 0 Å². The molecule has 0 fully saturated rings. The van der Waals surface area contributed by atoms with Crippen molar-refractivity contribution in [3.05, 3.63) is 54.1 Å². The van der Waals surface area contributed by atoms with Crippen molar-refractivity contribution in [1.29, 1.82) is 0 Å². The first kappa shape index (κ1) is 20.5. The highest BCUT2D eigenvalue weighted by molar-refractivity contribution is 5.98. The number of nitrogens with one attached hydrogen (secondary N) is 1. The summed E-state index contributed by atoms with van der Waals surface area (Å²) in [5, 5.41) is 8.37. The number of pyridine rings is 2. The molecule has 1 N–H and O–H groups in total. The molecule has 0 bridgehead atoms. The number of nitrogens with zero attached hydrogens (tertiary/aromatic N) is 4. The Labute approximate surface area is 174 Å². The summed E-state index contributed by atoms with van der Waals surface area (Å²) in [6.45, 7) is 6.46. The van der Waals surface area contributed by atoms with E-state index in [4.69, 9.17) is 9.26 Å². The van der Waals surface area contributed by atoms with Gasteiger partial charge in [0, 0.05) is 23.7 Å². The largest absolute Gasteiger partial charge is 0.492 e. The molecular formula is C21H22ClN5O2. The van der Waals surface area contributed by atoms with Gasteiger partial charge in [0.1, 0.15) is 5.75 Å². The van der Waals surface area contributed by atoms with Crippen LogP contribution in [0.3, 0.4) is 0 Å². The molecule has 0 radical (unpaired) electrons. The Morgan fingerprint density at radius 1 is 1.07 bits per heavy atom. The first-order chi connectivity index (χ1) is 13.7. The zero-order chi connectivity index (χ0) is 19.5. The Morgan fingerprint density at radius 3 is 2.66 bits per heavy atom. The number of aromatic nitrogens is 4. The molecule has 0 aliphatic carbocycles. The second kappa shape index (κ2) is 8.87. The topological polar surface area (TPSA) is 86.0 Å². The number of halogens is 1. The molecule has 0 spiro atoms. The molecule has 8 heteroatoms. The fourth-order valence-electron chi connectivity index (χ4n) is 2.96. The van der Waals surface area contributed by atoms with Gasteiger partial charge in [-0.3, -0.25) is 0 Å². The second-order valence-electron chi connectivity index (χ2n) is 6.29. The highest BCUT2D eigenvalue weighted by Crippen LogP contribution is 2.37. The van der Waals surface area contributed by atoms with Crippen LogP contribution in [0.15, 0.2) is 47.1 Å². The standard InChI is InChI=1S/C21H21N5O2.ClH/c1-4-18-25-21(28-26-18)15-12-22-20-14(11-10-13(3)23-20)19(15)24-16-8-6-7-9-17(16)27-5-2;/h6-12H,4-5H2,1-3H3,(H,22,23,24);1H. The third-order valence-electron chi connectivity index (χ3n) is 4.33. The van der Waals surface area contributed by atoms with Crippen molar-refractivity contribution in [3.8, 4) is 17.2 Å². The molecule has 1 aromatic carbocycles. The van der Waals surface area contributed by atoms with Gasteiger partial charge in [0.05, 0.1) is 23.5 Å². The van der Waals surface area contributed by atoms with Crippen LogP contribution >= 0.6 is 12.4 Å². The molecule has 150 valence electrons. The lowest BCUT2D eigenvalue weighted by molar-refractivity contribution is 0.342. The van der Waals surface area contributed by atoms with E-state index in [2.05, 4.69) is 25.4 Å². The summed E-state index contributed by atoms with van der Waals surface area (Å²) >= 11 is 0. The highest BCUT2D eigenvalue weighted by atomic mass is 35.5. The first-order valence-electron chi connectivity index (χ1n) is 9.27. The lowest BCUT2D eigenvalue weighted by Gasteiger charge is -2.15. The molecule has 0 atom stereocenters. The normalized spacial score (nSPS) is 10.6. The molecule has 4 rings (SSSR count). The lowest BCUT2D eigenvalue weighted by atomic mass is 10.1. The average Bonchev–Trinajstić information content (AvgIpc) is 3.18. The summed E-state index contributed by atoms with van der Waals surface area (Å²) in [6.07, 6.45) is 2.41. The Kier molecular flexibility index (Phi) is 6.29. The van der Waals surface area contributed by atoms with Crippen molar-refractivity contribution in [2.24, 2.45) is 0 Å². The van der Waals surface area contributed by atoms with Gasteiger partial charge >= 0.3 is 0 Å². The van der Waals surface area contributed by atoms with Crippen molar-refractivity contribution < 1.29 is 9.26 Å². The molecule has 0 amide bonds. The van der Waals surface area contributed by atoms with E-state index in [1.165, 1.54) is 0 Å². The van der Waals surface area contributed by atoms with E-state index in [-0.39, 0.29) is 12.4 Å². The summed E-state index contributed by atoms with van der Waals surface area (Å²) in [5.41, 5.74) is 3.91. The summed E-state index contributed by atoms with van der Waals surface area (Å²) < 4.78 is 11.2. The number of fused-ring (bicyclic) bond motifs is 1. The van der Waals surface area contributed by atoms with Crippen LogP contribution in [0.2, 0.25) is 0 Å². The predicted molar refractivity (Wildman–Crippen MR) is 115 cm³/mol. The maximum atomic E-state index is 5.76. The average molecular weight is 412 g/mol. The molecule has 7 nitrogen and oxygen atoms in total. The molecule has 4 aromatic rings. The summed E-state index contributed by atoms with van der Waals surface area (Å²) in [4.78, 5) is 13.5. The first-order valence-corrected chi connectivity index (χ1v) is 9.27. The van der Waals surface area contributed by atoms with Gasteiger partial charge in [0.2, 0.25) is 0 Å². The quantitative estimate of drug-likeness (QED) is 0.471. The predicted octanol–water partition coefficient (Wildman–Crippen LogP) is 5.11. The van der Waals surface area contributed by atoms with Crippen LogP contribution in [-0.4, -0.2) is 26.7 Å². The molecule has 3 heterocycles. The smallest absolute Gasteiger partial charge is 0.261 e. The van der Waals surface area contributed by atoms with E-state index in [0.717, 1.165) is 33.8 Å². The number of benzene rings is 1. The third kappa shape index (κ3) is 4.14. The zero-order valence-corrected chi connectivity index (χ0v) is 17.3. The van der Waals surface area contributed by atoms with Crippen LogP contribution in [0.4, 0.5) is 11.4 Å². The van der Waals surface area contributed by atoms with Crippen LogP contribution in [0.25, 0.3) is 22.5 Å². The Balaban J connectivity index is 0.00000240. The van der Waals surface area contributed by atoms with Crippen molar-refractivity contribution in [2.45, 2.75) is 27.2 Å². The van der Waals surface area contributed by atoms with E-state index in [0.29, 0.717) is 30.4 Å². The second-order valence-corrected chi connectivity index (χ2v) is 6.29. The number of aryl methyl sites for hydroxylation is 2. The van der Waals surface area contributed by atoms with E-state index in [9.17, 15) is 0 Å². The summed E-state index contributed by atoms with van der Waals surface area (Å²) in [6, 6.07) is 11.7. The fourth-order valence-corrected chi connectivity index (χ4v) is 2.96. The van der Waals surface area contributed by atoms with E-state index < -0.39 is 0 Å². The Morgan fingerprint density at radius 2 is 1.90 bits per heavy atom. The van der Waals surface area contributed by atoms with Gasteiger partial charge in [-0.1, -0.05) is 24.2 Å². The monoisotopic (exact) mass is 411 g/mol. The zero-order valence-electron chi connectivity index (χ0n) is 16.5. The highest BCUT2D eigenvalue weighted by Gasteiger charge is 2.18. The van der Waals surface area contributed by atoms with E-state index >= 15 is 0 Å². The maximum Gasteiger partial charge on any atom is 0.261 e. The molecule has 3 aromatic heterocycles. The molecule has 0 saturated heterocycles. The van der Waals surface area contributed by atoms with Gasteiger partial charge in [-0.15, -0.1) is 12.4 Å². The molecule has 29 heavy (non-hydrogen) atoms. The minimum Gasteiger partial charge on any atom is -0.492 e. The third-order valence-corrected chi connectivity index (χ3v) is 4.33. The number of anilines is 2. The van der Waals surface area contributed by atoms with Gasteiger partial charge < -0.3 is 14.6 Å². The summed E-state index contributed by atoms with van der Waals surface area (Å²) in [7, 11) is 0. The van der Waals surface area contributed by atoms with Gasteiger partial charge in [-0.2, -0.15) is 4.98 Å². The molecule has 0 saturated carbocycles. The Hall–Kier alpha value is -3.19. The Bertz CT molecular complexity index is 1130. The van der Waals surface area contributed by atoms with Crippen LogP contribution in [0.1, 0.15) is 25.4 Å². The lowest BCUT2D eigenvalue weighted by Crippen LogP contribution is -2.01. The van der Waals surface area contributed by atoms with Crippen LogP contribution in [0.5, 0.6) is 5.75 Å². The number of rotatable bonds is 6.